The maximum Gasteiger partial charge on any atom is 0.313 e. The van der Waals surface area contributed by atoms with Crippen molar-refractivity contribution in [2.75, 3.05) is 12.9 Å². The van der Waals surface area contributed by atoms with Gasteiger partial charge in [0.05, 0.1) is 12.9 Å². The first-order valence-electron chi connectivity index (χ1n) is 6.67. The fraction of sp³-hybridized carbons (Fsp3) is 0.357. The molecule has 0 unspecified atom stereocenters. The van der Waals surface area contributed by atoms with Crippen LogP contribution in [0.1, 0.15) is 12.7 Å². The van der Waals surface area contributed by atoms with E-state index in [0.29, 0.717) is 23.3 Å². The van der Waals surface area contributed by atoms with E-state index in [0.717, 1.165) is 17.5 Å². The molecule has 0 amide bonds. The number of benzene rings is 1. The molecule has 0 aliphatic carbocycles. The van der Waals surface area contributed by atoms with Gasteiger partial charge in [0.1, 0.15) is 18.1 Å². The first-order chi connectivity index (χ1) is 10.6. The van der Waals surface area contributed by atoms with Crippen LogP contribution < -0.4 is 9.47 Å². The first kappa shape index (κ1) is 16.2. The smallest absolute Gasteiger partial charge is 0.313 e. The predicted octanol–water partition coefficient (Wildman–Crippen LogP) is 2.06. The van der Waals surface area contributed by atoms with Gasteiger partial charge in [0.25, 0.3) is 0 Å². The molecular formula is C14H17N3O4S. The van der Waals surface area contributed by atoms with Gasteiger partial charge in [-0.3, -0.25) is 4.79 Å². The van der Waals surface area contributed by atoms with Crippen LogP contribution in [0.4, 0.5) is 0 Å². The SMILES string of the molecule is CCn1c(COc2ccc(OC)cc2)nnc1SCC(=O)O. The molecule has 2 rings (SSSR count). The molecule has 118 valence electrons. The lowest BCUT2D eigenvalue weighted by Crippen LogP contribution is -2.08. The second-order valence-electron chi connectivity index (χ2n) is 4.29. The van der Waals surface area contributed by atoms with Crippen molar-refractivity contribution in [2.45, 2.75) is 25.2 Å². The minimum atomic E-state index is -0.883. The summed E-state index contributed by atoms with van der Waals surface area (Å²) in [7, 11) is 1.61. The molecular weight excluding hydrogens is 306 g/mol. The predicted molar refractivity (Wildman–Crippen MR) is 81.4 cm³/mol. The Labute approximate surface area is 132 Å². The zero-order valence-electron chi connectivity index (χ0n) is 12.4. The van der Waals surface area contributed by atoms with Crippen molar-refractivity contribution in [2.24, 2.45) is 0 Å². The highest BCUT2D eigenvalue weighted by Gasteiger charge is 2.13. The summed E-state index contributed by atoms with van der Waals surface area (Å²) in [5.74, 6) is 1.19. The van der Waals surface area contributed by atoms with Crippen LogP contribution in [0.2, 0.25) is 0 Å². The number of ether oxygens (including phenoxy) is 2. The Morgan fingerprint density at radius 2 is 1.95 bits per heavy atom. The van der Waals surface area contributed by atoms with Gasteiger partial charge < -0.3 is 19.1 Å². The molecule has 22 heavy (non-hydrogen) atoms. The van der Waals surface area contributed by atoms with Crippen molar-refractivity contribution >= 4 is 17.7 Å². The standard InChI is InChI=1S/C14H17N3O4S/c1-3-17-12(15-16-14(17)22-9-13(18)19)8-21-11-6-4-10(20-2)5-7-11/h4-7H,3,8-9H2,1-2H3,(H,18,19). The third kappa shape index (κ3) is 4.14. The molecule has 0 bridgehead atoms. The fourth-order valence-electron chi connectivity index (χ4n) is 1.80. The Morgan fingerprint density at radius 1 is 1.27 bits per heavy atom. The molecule has 0 radical (unpaired) electrons. The van der Waals surface area contributed by atoms with Gasteiger partial charge in [0, 0.05) is 6.54 Å². The molecule has 7 nitrogen and oxygen atoms in total. The quantitative estimate of drug-likeness (QED) is 0.744. The number of carboxylic acid groups (broad SMARTS) is 1. The Morgan fingerprint density at radius 3 is 2.55 bits per heavy atom. The zero-order valence-corrected chi connectivity index (χ0v) is 13.2. The van der Waals surface area contributed by atoms with Gasteiger partial charge in [-0.25, -0.2) is 0 Å². The highest BCUT2D eigenvalue weighted by molar-refractivity contribution is 7.99. The van der Waals surface area contributed by atoms with Crippen LogP contribution in [0.25, 0.3) is 0 Å². The normalized spacial score (nSPS) is 10.5. The Hall–Kier alpha value is -2.22. The second-order valence-corrected chi connectivity index (χ2v) is 5.23. The topological polar surface area (TPSA) is 86.5 Å². The van der Waals surface area contributed by atoms with Gasteiger partial charge in [0.15, 0.2) is 11.0 Å². The van der Waals surface area contributed by atoms with Crippen molar-refractivity contribution < 1.29 is 19.4 Å². The lowest BCUT2D eigenvalue weighted by Gasteiger charge is -2.09. The number of carboxylic acids is 1. The average Bonchev–Trinajstić information content (AvgIpc) is 2.93. The number of hydrogen-bond acceptors (Lipinski definition) is 6. The molecule has 0 fully saturated rings. The minimum Gasteiger partial charge on any atom is -0.497 e. The van der Waals surface area contributed by atoms with Crippen LogP contribution in [0, 0.1) is 0 Å². The lowest BCUT2D eigenvalue weighted by molar-refractivity contribution is -0.133. The monoisotopic (exact) mass is 323 g/mol. The number of methoxy groups -OCH3 is 1. The van der Waals surface area contributed by atoms with E-state index in [1.165, 1.54) is 0 Å². The lowest BCUT2D eigenvalue weighted by atomic mass is 10.3. The summed E-state index contributed by atoms with van der Waals surface area (Å²) in [5, 5.41) is 17.4. The van der Waals surface area contributed by atoms with E-state index in [9.17, 15) is 4.79 Å². The van der Waals surface area contributed by atoms with Crippen molar-refractivity contribution in [3.63, 3.8) is 0 Å². The van der Waals surface area contributed by atoms with Crippen LogP contribution >= 0.6 is 11.8 Å². The van der Waals surface area contributed by atoms with Crippen LogP contribution in [-0.4, -0.2) is 38.7 Å². The van der Waals surface area contributed by atoms with E-state index < -0.39 is 5.97 Å². The second kappa shape index (κ2) is 7.69. The highest BCUT2D eigenvalue weighted by Crippen LogP contribution is 2.20. The summed E-state index contributed by atoms with van der Waals surface area (Å²) in [6.45, 7) is 2.86. The molecule has 1 aromatic heterocycles. The molecule has 0 aliphatic rings. The van der Waals surface area contributed by atoms with E-state index in [1.54, 1.807) is 7.11 Å². The van der Waals surface area contributed by atoms with Crippen LogP contribution in [0.5, 0.6) is 11.5 Å². The highest BCUT2D eigenvalue weighted by atomic mass is 32.2. The van der Waals surface area contributed by atoms with Crippen molar-refractivity contribution in [1.29, 1.82) is 0 Å². The van der Waals surface area contributed by atoms with Crippen LogP contribution in [0.3, 0.4) is 0 Å². The molecule has 1 heterocycles. The first-order valence-corrected chi connectivity index (χ1v) is 7.66. The van der Waals surface area contributed by atoms with Crippen molar-refractivity contribution in [3.05, 3.63) is 30.1 Å². The molecule has 0 aliphatic heterocycles. The Bertz CT molecular complexity index is 628. The molecule has 0 saturated heterocycles. The number of nitrogens with zero attached hydrogens (tertiary/aromatic N) is 3. The average molecular weight is 323 g/mol. The Balaban J connectivity index is 2.01. The van der Waals surface area contributed by atoms with E-state index in [1.807, 2.05) is 35.8 Å². The number of hydrogen-bond donors (Lipinski definition) is 1. The van der Waals surface area contributed by atoms with Gasteiger partial charge in [-0.05, 0) is 31.2 Å². The van der Waals surface area contributed by atoms with Gasteiger partial charge in [-0.1, -0.05) is 11.8 Å². The molecule has 0 saturated carbocycles. The third-order valence-corrected chi connectivity index (χ3v) is 3.81. The van der Waals surface area contributed by atoms with Crippen LogP contribution in [-0.2, 0) is 17.9 Å². The fourth-order valence-corrected chi connectivity index (χ4v) is 2.54. The maximum atomic E-state index is 10.6. The minimum absolute atomic E-state index is 0.0442. The molecule has 1 N–H and O–H groups in total. The van der Waals surface area contributed by atoms with E-state index >= 15 is 0 Å². The third-order valence-electron chi connectivity index (χ3n) is 2.86. The summed E-state index contributed by atoms with van der Waals surface area (Å²) in [6, 6.07) is 7.25. The van der Waals surface area contributed by atoms with Gasteiger partial charge in [0.2, 0.25) is 0 Å². The van der Waals surface area contributed by atoms with E-state index in [4.69, 9.17) is 14.6 Å². The summed E-state index contributed by atoms with van der Waals surface area (Å²) in [6.07, 6.45) is 0. The molecule has 2 aromatic rings. The number of rotatable bonds is 8. The van der Waals surface area contributed by atoms with Gasteiger partial charge in [-0.15, -0.1) is 10.2 Å². The number of thioether (sulfide) groups is 1. The number of aliphatic carboxylic acids is 1. The molecule has 1 aromatic carbocycles. The van der Waals surface area contributed by atoms with E-state index in [-0.39, 0.29) is 12.4 Å². The summed E-state index contributed by atoms with van der Waals surface area (Å²) >= 11 is 1.14. The maximum absolute atomic E-state index is 10.6. The zero-order chi connectivity index (χ0) is 15.9. The summed E-state index contributed by atoms with van der Waals surface area (Å²) in [4.78, 5) is 10.6. The molecule has 0 spiro atoms. The van der Waals surface area contributed by atoms with E-state index in [2.05, 4.69) is 10.2 Å². The van der Waals surface area contributed by atoms with Crippen molar-refractivity contribution in [1.82, 2.24) is 14.8 Å². The number of carbonyl (C=O) groups is 1. The molecule has 8 heteroatoms. The Kier molecular flexibility index (Phi) is 5.65. The largest absolute Gasteiger partial charge is 0.497 e. The molecule has 0 atom stereocenters. The van der Waals surface area contributed by atoms with Crippen LogP contribution in [0.15, 0.2) is 29.4 Å². The number of aromatic nitrogens is 3. The van der Waals surface area contributed by atoms with Crippen molar-refractivity contribution in [3.8, 4) is 11.5 Å². The van der Waals surface area contributed by atoms with Gasteiger partial charge >= 0.3 is 5.97 Å². The summed E-state index contributed by atoms with van der Waals surface area (Å²) in [5.41, 5.74) is 0. The summed E-state index contributed by atoms with van der Waals surface area (Å²) < 4.78 is 12.6. The van der Waals surface area contributed by atoms with Gasteiger partial charge in [-0.2, -0.15) is 0 Å².